The number of halogens is 4. The molecule has 0 nitrogen and oxygen atoms in total. The molecule has 4 heteroatoms. The van der Waals surface area contributed by atoms with E-state index in [-0.39, 0.29) is 10.6 Å². The summed E-state index contributed by atoms with van der Waals surface area (Å²) in [7, 11) is 0. The second-order valence-electron chi connectivity index (χ2n) is 4.04. The van der Waals surface area contributed by atoms with Gasteiger partial charge in [0.15, 0.2) is 0 Å². The fourth-order valence-corrected chi connectivity index (χ4v) is 3.68. The summed E-state index contributed by atoms with van der Waals surface area (Å²) < 4.78 is 15.5. The lowest BCUT2D eigenvalue weighted by Gasteiger charge is -2.14. The van der Waals surface area contributed by atoms with Crippen molar-refractivity contribution in [3.05, 3.63) is 66.9 Å². The predicted molar refractivity (Wildman–Crippen MR) is 88.8 cm³/mol. The van der Waals surface area contributed by atoms with Gasteiger partial charge in [0.05, 0.1) is 4.83 Å². The molecule has 0 heterocycles. The zero-order valence-corrected chi connectivity index (χ0v) is 14.9. The minimum atomic E-state index is -0.167. The number of hydrogen-bond acceptors (Lipinski definition) is 0. The summed E-state index contributed by atoms with van der Waals surface area (Å²) in [4.78, 5) is 0.0564. The Morgan fingerprint density at radius 2 is 1.89 bits per heavy atom. The van der Waals surface area contributed by atoms with Crippen molar-refractivity contribution in [1.29, 1.82) is 0 Å². The molecule has 0 bridgehead atoms. The molecule has 0 N–H and O–H groups in total. The highest BCUT2D eigenvalue weighted by Gasteiger charge is 2.14. The molecule has 2 aromatic rings. The first kappa shape index (κ1) is 14.5. The number of hydrogen-bond donors (Lipinski definition) is 0. The average Bonchev–Trinajstić information content (AvgIpc) is 2.35. The topological polar surface area (TPSA) is 0 Å². The van der Waals surface area contributed by atoms with Crippen LogP contribution >= 0.6 is 54.5 Å². The molecule has 0 amide bonds. The lowest BCUT2D eigenvalue weighted by atomic mass is 10.0. The van der Waals surface area contributed by atoms with Crippen molar-refractivity contribution in [2.24, 2.45) is 0 Å². The Morgan fingerprint density at radius 3 is 2.56 bits per heavy atom. The molecule has 2 aromatic carbocycles. The van der Waals surface area contributed by atoms with Gasteiger partial charge in [0.1, 0.15) is 5.82 Å². The van der Waals surface area contributed by atoms with E-state index in [1.54, 1.807) is 6.92 Å². The van der Waals surface area contributed by atoms with Crippen LogP contribution in [0, 0.1) is 16.3 Å². The third-order valence-corrected chi connectivity index (χ3v) is 5.12. The minimum absolute atomic E-state index is 0.0564. The van der Waals surface area contributed by atoms with Crippen molar-refractivity contribution >= 4 is 54.5 Å². The molecule has 1 atom stereocenters. The fourth-order valence-electron chi connectivity index (χ4n) is 1.71. The highest BCUT2D eigenvalue weighted by atomic mass is 127. The van der Waals surface area contributed by atoms with Gasteiger partial charge in [-0.3, -0.25) is 0 Å². The maximum atomic E-state index is 13.3. The fraction of sp³-hybridized carbons (Fsp3) is 0.143. The Morgan fingerprint density at radius 1 is 1.17 bits per heavy atom. The summed E-state index contributed by atoms with van der Waals surface area (Å²) in [5, 5.41) is 0. The second kappa shape index (κ2) is 6.01. The number of aryl methyl sites for hydroxylation is 1. The monoisotopic (exact) mass is 482 g/mol. The Labute approximate surface area is 136 Å². The van der Waals surface area contributed by atoms with Crippen molar-refractivity contribution in [1.82, 2.24) is 0 Å². The van der Waals surface area contributed by atoms with Gasteiger partial charge in [-0.05, 0) is 70.5 Å². The van der Waals surface area contributed by atoms with Gasteiger partial charge in [-0.25, -0.2) is 4.39 Å². The molecule has 94 valence electrons. The highest BCUT2D eigenvalue weighted by Crippen LogP contribution is 2.36. The van der Waals surface area contributed by atoms with Crippen LogP contribution in [0.2, 0.25) is 0 Å². The standard InChI is InChI=1S/C14H10Br2FI/c1-8-6-9(2-5-13(8)17)14(16)11-7-10(18)3-4-12(11)15/h2-7,14H,1H3. The maximum absolute atomic E-state index is 13.3. The van der Waals surface area contributed by atoms with Gasteiger partial charge >= 0.3 is 0 Å². The molecule has 0 aliphatic rings. The molecule has 0 spiro atoms. The Balaban J connectivity index is 2.44. The van der Waals surface area contributed by atoms with Crippen molar-refractivity contribution in [3.63, 3.8) is 0 Å². The molecule has 0 saturated carbocycles. The van der Waals surface area contributed by atoms with Gasteiger partial charge in [-0.1, -0.05) is 44.0 Å². The van der Waals surface area contributed by atoms with Gasteiger partial charge < -0.3 is 0 Å². The first-order chi connectivity index (χ1) is 8.49. The highest BCUT2D eigenvalue weighted by molar-refractivity contribution is 14.1. The summed E-state index contributed by atoms with van der Waals surface area (Å²) in [6, 6.07) is 11.4. The molecule has 0 aliphatic carbocycles. The summed E-state index contributed by atoms with van der Waals surface area (Å²) >= 11 is 9.52. The van der Waals surface area contributed by atoms with Crippen molar-refractivity contribution in [2.45, 2.75) is 11.8 Å². The van der Waals surface area contributed by atoms with Crippen molar-refractivity contribution in [2.75, 3.05) is 0 Å². The van der Waals surface area contributed by atoms with E-state index in [2.05, 4.69) is 60.5 Å². The van der Waals surface area contributed by atoms with Crippen LogP contribution in [0.15, 0.2) is 40.9 Å². The van der Waals surface area contributed by atoms with E-state index >= 15 is 0 Å². The minimum Gasteiger partial charge on any atom is -0.207 e. The quantitative estimate of drug-likeness (QED) is 0.364. The zero-order valence-electron chi connectivity index (χ0n) is 9.55. The average molecular weight is 484 g/mol. The summed E-state index contributed by atoms with van der Waals surface area (Å²) in [5.74, 6) is -0.167. The van der Waals surface area contributed by atoms with Crippen molar-refractivity contribution < 1.29 is 4.39 Å². The van der Waals surface area contributed by atoms with Crippen LogP contribution in [-0.2, 0) is 0 Å². The third-order valence-electron chi connectivity index (χ3n) is 2.71. The van der Waals surface area contributed by atoms with E-state index in [0.29, 0.717) is 5.56 Å². The Kier molecular flexibility index (Phi) is 4.83. The predicted octanol–water partition coefficient (Wildman–Crippen LogP) is 5.99. The lowest BCUT2D eigenvalue weighted by Crippen LogP contribution is -1.96. The molecule has 0 aromatic heterocycles. The van der Waals surface area contributed by atoms with Crippen LogP contribution in [0.5, 0.6) is 0 Å². The molecule has 0 radical (unpaired) electrons. The molecule has 0 aliphatic heterocycles. The van der Waals surface area contributed by atoms with E-state index in [1.807, 2.05) is 24.3 Å². The van der Waals surface area contributed by atoms with Crippen LogP contribution in [0.1, 0.15) is 21.5 Å². The van der Waals surface area contributed by atoms with E-state index in [9.17, 15) is 4.39 Å². The van der Waals surface area contributed by atoms with Crippen LogP contribution in [0.3, 0.4) is 0 Å². The molecular formula is C14H10Br2FI. The largest absolute Gasteiger partial charge is 0.207 e. The van der Waals surface area contributed by atoms with Crippen LogP contribution < -0.4 is 0 Å². The molecular weight excluding hydrogens is 474 g/mol. The van der Waals surface area contributed by atoms with Crippen LogP contribution in [0.4, 0.5) is 4.39 Å². The molecule has 2 rings (SSSR count). The lowest BCUT2D eigenvalue weighted by molar-refractivity contribution is 0.617. The molecule has 0 saturated heterocycles. The van der Waals surface area contributed by atoms with E-state index < -0.39 is 0 Å². The van der Waals surface area contributed by atoms with Gasteiger partial charge in [-0.15, -0.1) is 0 Å². The summed E-state index contributed by atoms with van der Waals surface area (Å²) in [6.45, 7) is 1.78. The van der Waals surface area contributed by atoms with Gasteiger partial charge in [0.25, 0.3) is 0 Å². The molecule has 0 fully saturated rings. The van der Waals surface area contributed by atoms with E-state index in [1.165, 1.54) is 9.64 Å². The molecule has 18 heavy (non-hydrogen) atoms. The van der Waals surface area contributed by atoms with Crippen LogP contribution in [0.25, 0.3) is 0 Å². The van der Waals surface area contributed by atoms with Gasteiger partial charge in [0.2, 0.25) is 0 Å². The Hall–Kier alpha value is 0.0600. The Bertz CT molecular complexity index is 584. The van der Waals surface area contributed by atoms with Crippen molar-refractivity contribution in [3.8, 4) is 0 Å². The summed E-state index contributed by atoms with van der Waals surface area (Å²) in [5.41, 5.74) is 2.86. The first-order valence-electron chi connectivity index (χ1n) is 5.34. The van der Waals surface area contributed by atoms with E-state index in [0.717, 1.165) is 15.6 Å². The van der Waals surface area contributed by atoms with Crippen LogP contribution in [-0.4, -0.2) is 0 Å². The normalized spacial score (nSPS) is 12.5. The van der Waals surface area contributed by atoms with Gasteiger partial charge in [0, 0.05) is 8.04 Å². The zero-order chi connectivity index (χ0) is 13.3. The summed E-state index contributed by atoms with van der Waals surface area (Å²) in [6.07, 6.45) is 0. The maximum Gasteiger partial charge on any atom is 0.126 e. The second-order valence-corrected chi connectivity index (χ2v) is 7.05. The number of benzene rings is 2. The van der Waals surface area contributed by atoms with Gasteiger partial charge in [-0.2, -0.15) is 0 Å². The number of rotatable bonds is 2. The number of alkyl halides is 1. The third kappa shape index (κ3) is 3.14. The first-order valence-corrected chi connectivity index (χ1v) is 8.13. The molecule has 1 unspecified atom stereocenters. The SMILES string of the molecule is Cc1cc(C(Br)c2cc(I)ccc2Br)ccc1F. The smallest absolute Gasteiger partial charge is 0.126 e. The van der Waals surface area contributed by atoms with E-state index in [4.69, 9.17) is 0 Å².